The highest BCUT2D eigenvalue weighted by Crippen LogP contribution is 2.41. The summed E-state index contributed by atoms with van der Waals surface area (Å²) in [5, 5.41) is 3.02. The molecule has 0 aliphatic heterocycles. The molecule has 1 aromatic rings. The Bertz CT molecular complexity index is 579. The van der Waals surface area contributed by atoms with Gasteiger partial charge in [0.25, 0.3) is 0 Å². The Kier molecular flexibility index (Phi) is 5.39. The zero-order chi connectivity index (χ0) is 17.1. The van der Waals surface area contributed by atoms with Gasteiger partial charge in [-0.15, -0.1) is 0 Å². The third-order valence-electron chi connectivity index (χ3n) is 5.71. The van der Waals surface area contributed by atoms with Crippen molar-refractivity contribution in [1.82, 2.24) is 5.32 Å². The number of benzene rings is 1. The molecular formula is C19H27FN2O2. The van der Waals surface area contributed by atoms with Gasteiger partial charge in [0.1, 0.15) is 0 Å². The lowest BCUT2D eigenvalue weighted by molar-refractivity contribution is -0.127. The van der Waals surface area contributed by atoms with Gasteiger partial charge >= 0.3 is 0 Å². The number of amides is 1. The summed E-state index contributed by atoms with van der Waals surface area (Å²) in [6.45, 7) is 0.530. The lowest BCUT2D eigenvalue weighted by Gasteiger charge is -2.43. The van der Waals surface area contributed by atoms with Gasteiger partial charge in [-0.2, -0.15) is 0 Å². The quantitative estimate of drug-likeness (QED) is 0.870. The van der Waals surface area contributed by atoms with E-state index in [0.717, 1.165) is 31.2 Å². The SMILES string of the molecule is COc1ccc(CCNC(=O)C2CC3CCCC(C2)C3N)cc1F. The van der Waals surface area contributed by atoms with Gasteiger partial charge in [-0.05, 0) is 61.6 Å². The van der Waals surface area contributed by atoms with Crippen LogP contribution in [0.1, 0.15) is 37.7 Å². The average molecular weight is 334 g/mol. The number of rotatable bonds is 5. The lowest BCUT2D eigenvalue weighted by atomic mass is 9.65. The summed E-state index contributed by atoms with van der Waals surface area (Å²) in [5.74, 6) is 1.11. The number of fused-ring (bicyclic) bond motifs is 2. The van der Waals surface area contributed by atoms with Crippen LogP contribution in [0.3, 0.4) is 0 Å². The summed E-state index contributed by atoms with van der Waals surface area (Å²) >= 11 is 0. The van der Waals surface area contributed by atoms with Crippen molar-refractivity contribution in [3.63, 3.8) is 0 Å². The average Bonchev–Trinajstić information content (AvgIpc) is 2.54. The van der Waals surface area contributed by atoms with Gasteiger partial charge in [0.2, 0.25) is 5.91 Å². The summed E-state index contributed by atoms with van der Waals surface area (Å²) in [6, 6.07) is 5.20. The minimum atomic E-state index is -0.365. The zero-order valence-electron chi connectivity index (χ0n) is 14.3. The van der Waals surface area contributed by atoms with Crippen molar-refractivity contribution in [2.75, 3.05) is 13.7 Å². The first-order valence-corrected chi connectivity index (χ1v) is 8.94. The molecule has 0 radical (unpaired) electrons. The van der Waals surface area contributed by atoms with Crippen molar-refractivity contribution in [3.8, 4) is 5.75 Å². The number of ether oxygens (including phenoxy) is 1. The maximum absolute atomic E-state index is 13.7. The van der Waals surface area contributed by atoms with E-state index in [1.807, 2.05) is 6.07 Å². The van der Waals surface area contributed by atoms with Gasteiger partial charge in [-0.25, -0.2) is 4.39 Å². The summed E-state index contributed by atoms with van der Waals surface area (Å²) in [5.41, 5.74) is 7.14. The molecule has 0 heterocycles. The van der Waals surface area contributed by atoms with Crippen molar-refractivity contribution in [2.24, 2.45) is 23.5 Å². The molecule has 2 atom stereocenters. The molecule has 3 rings (SSSR count). The standard InChI is InChI=1S/C19H27FN2O2/c1-24-17-6-5-12(9-16(17)20)7-8-22-19(23)15-10-13-3-2-4-14(11-15)18(13)21/h5-6,9,13-15,18H,2-4,7-8,10-11,21H2,1H3,(H,22,23). The van der Waals surface area contributed by atoms with Crippen molar-refractivity contribution >= 4 is 5.91 Å². The van der Waals surface area contributed by atoms with Crippen LogP contribution in [0, 0.1) is 23.6 Å². The van der Waals surface area contributed by atoms with E-state index in [-0.39, 0.29) is 29.4 Å². The van der Waals surface area contributed by atoms with Crippen LogP contribution in [0.15, 0.2) is 18.2 Å². The van der Waals surface area contributed by atoms with E-state index in [9.17, 15) is 9.18 Å². The van der Waals surface area contributed by atoms with Crippen molar-refractivity contribution < 1.29 is 13.9 Å². The van der Waals surface area contributed by atoms with Crippen LogP contribution in [0.25, 0.3) is 0 Å². The van der Waals surface area contributed by atoms with E-state index in [4.69, 9.17) is 10.5 Å². The fourth-order valence-corrected chi connectivity index (χ4v) is 4.34. The topological polar surface area (TPSA) is 64.3 Å². The Morgan fingerprint density at radius 2 is 2.04 bits per heavy atom. The van der Waals surface area contributed by atoms with Crippen LogP contribution >= 0.6 is 0 Å². The van der Waals surface area contributed by atoms with Gasteiger partial charge in [-0.3, -0.25) is 4.79 Å². The van der Waals surface area contributed by atoms with E-state index < -0.39 is 0 Å². The van der Waals surface area contributed by atoms with Crippen LogP contribution in [0.2, 0.25) is 0 Å². The molecule has 2 saturated carbocycles. The normalized spacial score (nSPS) is 29.1. The lowest BCUT2D eigenvalue weighted by Crippen LogP contribution is -2.49. The van der Waals surface area contributed by atoms with Gasteiger partial charge in [0, 0.05) is 18.5 Å². The monoisotopic (exact) mass is 334 g/mol. The highest BCUT2D eigenvalue weighted by Gasteiger charge is 2.40. The van der Waals surface area contributed by atoms with Crippen LogP contribution in [-0.2, 0) is 11.2 Å². The Morgan fingerprint density at radius 1 is 1.33 bits per heavy atom. The van der Waals surface area contributed by atoms with Crippen LogP contribution in [0.4, 0.5) is 4.39 Å². The summed E-state index contributed by atoms with van der Waals surface area (Å²) in [7, 11) is 1.45. The Hall–Kier alpha value is -1.62. The van der Waals surface area contributed by atoms with Gasteiger partial charge in [-0.1, -0.05) is 12.5 Å². The molecular weight excluding hydrogens is 307 g/mol. The van der Waals surface area contributed by atoms with E-state index >= 15 is 0 Å². The molecule has 2 aliphatic rings. The summed E-state index contributed by atoms with van der Waals surface area (Å²) < 4.78 is 18.6. The highest BCUT2D eigenvalue weighted by atomic mass is 19.1. The summed E-state index contributed by atoms with van der Waals surface area (Å²) in [4.78, 5) is 12.4. The Morgan fingerprint density at radius 3 is 2.67 bits per heavy atom. The number of halogens is 1. The van der Waals surface area contributed by atoms with E-state index in [1.54, 1.807) is 6.07 Å². The minimum Gasteiger partial charge on any atom is -0.494 e. The molecule has 24 heavy (non-hydrogen) atoms. The number of nitrogens with one attached hydrogen (secondary N) is 1. The minimum absolute atomic E-state index is 0.0905. The molecule has 3 N–H and O–H groups in total. The first-order valence-electron chi connectivity index (χ1n) is 8.94. The molecule has 1 aromatic carbocycles. The second-order valence-electron chi connectivity index (χ2n) is 7.21. The third-order valence-corrected chi connectivity index (χ3v) is 5.71. The molecule has 2 unspecified atom stereocenters. The number of hydrogen-bond donors (Lipinski definition) is 2. The maximum atomic E-state index is 13.7. The Balaban J connectivity index is 1.48. The van der Waals surface area contributed by atoms with Crippen LogP contribution in [-0.4, -0.2) is 25.6 Å². The first-order chi connectivity index (χ1) is 11.6. The summed E-state index contributed by atoms with van der Waals surface area (Å²) in [6.07, 6.45) is 6.02. The second kappa shape index (κ2) is 7.51. The molecule has 0 saturated heterocycles. The predicted octanol–water partition coefficient (Wildman–Crippen LogP) is 2.65. The van der Waals surface area contributed by atoms with Gasteiger partial charge in [0.15, 0.2) is 11.6 Å². The fourth-order valence-electron chi connectivity index (χ4n) is 4.34. The molecule has 0 spiro atoms. The van der Waals surface area contributed by atoms with Crippen molar-refractivity contribution in [1.29, 1.82) is 0 Å². The number of carbonyl (C=O) groups is 1. The molecule has 2 bridgehead atoms. The van der Waals surface area contributed by atoms with Crippen molar-refractivity contribution in [3.05, 3.63) is 29.6 Å². The number of nitrogens with two attached hydrogens (primary N) is 1. The van der Waals surface area contributed by atoms with E-state index in [2.05, 4.69) is 5.32 Å². The molecule has 2 fully saturated rings. The van der Waals surface area contributed by atoms with Crippen LogP contribution in [0.5, 0.6) is 5.75 Å². The smallest absolute Gasteiger partial charge is 0.223 e. The first kappa shape index (κ1) is 17.2. The second-order valence-corrected chi connectivity index (χ2v) is 7.21. The van der Waals surface area contributed by atoms with Crippen molar-refractivity contribution in [2.45, 2.75) is 44.6 Å². The number of hydrogen-bond acceptors (Lipinski definition) is 3. The van der Waals surface area contributed by atoms with Gasteiger partial charge in [0.05, 0.1) is 7.11 Å². The van der Waals surface area contributed by atoms with E-state index in [1.165, 1.54) is 19.6 Å². The number of carbonyl (C=O) groups excluding carboxylic acids is 1. The molecule has 0 aromatic heterocycles. The predicted molar refractivity (Wildman–Crippen MR) is 91.2 cm³/mol. The third kappa shape index (κ3) is 3.72. The molecule has 2 aliphatic carbocycles. The molecule has 132 valence electrons. The maximum Gasteiger partial charge on any atom is 0.223 e. The zero-order valence-corrected chi connectivity index (χ0v) is 14.3. The molecule has 1 amide bonds. The van der Waals surface area contributed by atoms with Crippen LogP contribution < -0.4 is 15.8 Å². The Labute approximate surface area is 142 Å². The highest BCUT2D eigenvalue weighted by molar-refractivity contribution is 5.78. The number of methoxy groups -OCH3 is 1. The molecule has 4 nitrogen and oxygen atoms in total. The van der Waals surface area contributed by atoms with E-state index in [0.29, 0.717) is 24.8 Å². The fraction of sp³-hybridized carbons (Fsp3) is 0.632. The van der Waals surface area contributed by atoms with Gasteiger partial charge < -0.3 is 15.8 Å². The largest absolute Gasteiger partial charge is 0.494 e. The molecule has 5 heteroatoms.